The second kappa shape index (κ2) is 8.92. The van der Waals surface area contributed by atoms with E-state index in [1.807, 2.05) is 13.0 Å². The molecule has 0 saturated carbocycles. The molecule has 35 valence electrons. The molecular formula is C5H7Ru. The number of rotatable bonds is 1. The van der Waals surface area contributed by atoms with E-state index in [-0.39, 0.29) is 19.5 Å². The first-order chi connectivity index (χ1) is 2.41. The molecule has 0 heterocycles. The molecule has 0 amide bonds. The fourth-order valence-electron chi connectivity index (χ4n) is 0.111. The van der Waals surface area contributed by atoms with Crippen molar-refractivity contribution in [3.63, 3.8) is 0 Å². The minimum Gasteiger partial charge on any atom is -0.293 e. The molecule has 0 rings (SSSR count). The Morgan fingerprint density at radius 1 is 1.50 bits per heavy atom. The molecule has 0 aromatic heterocycles. The van der Waals surface area contributed by atoms with Gasteiger partial charge >= 0.3 is 19.5 Å². The maximum Gasteiger partial charge on any atom is 1.00 e. The van der Waals surface area contributed by atoms with Crippen molar-refractivity contribution >= 4 is 0 Å². The van der Waals surface area contributed by atoms with Crippen LogP contribution in [0.2, 0.25) is 0 Å². The molecule has 0 nitrogen and oxygen atoms in total. The predicted molar refractivity (Wildman–Crippen MR) is 23.7 cm³/mol. The Bertz CT molecular complexity index is 45.9. The SMILES string of the molecule is [CH-]=C/C=C/C.[Ru+]. The largest absolute Gasteiger partial charge is 1.00 e. The molecule has 0 bridgehead atoms. The first-order valence-electron chi connectivity index (χ1n) is 1.58. The standard InChI is InChI=1S/C5H7.Ru/c1-3-5-4-2;/h1,3-5H,2H3;/q-1;+1/b5-4+;. The average molecular weight is 168 g/mol. The number of allylic oxidation sites excluding steroid dienone is 3. The summed E-state index contributed by atoms with van der Waals surface area (Å²) in [5, 5.41) is 0. The molecule has 0 aliphatic carbocycles. The van der Waals surface area contributed by atoms with Crippen LogP contribution in [0.5, 0.6) is 0 Å². The van der Waals surface area contributed by atoms with Crippen LogP contribution in [-0.4, -0.2) is 0 Å². The second-order valence-corrected chi connectivity index (χ2v) is 0.718. The van der Waals surface area contributed by atoms with Crippen molar-refractivity contribution < 1.29 is 19.5 Å². The van der Waals surface area contributed by atoms with Gasteiger partial charge in [0.2, 0.25) is 0 Å². The molecule has 0 unspecified atom stereocenters. The fourth-order valence-corrected chi connectivity index (χ4v) is 0.111. The van der Waals surface area contributed by atoms with Crippen LogP contribution in [0.25, 0.3) is 0 Å². The first-order valence-corrected chi connectivity index (χ1v) is 1.58. The van der Waals surface area contributed by atoms with Gasteiger partial charge in [-0.15, -0.1) is 0 Å². The molecule has 0 aliphatic rings. The zero-order valence-corrected chi connectivity index (χ0v) is 5.40. The first kappa shape index (κ1) is 9.44. The summed E-state index contributed by atoms with van der Waals surface area (Å²) in [4.78, 5) is 0. The minimum atomic E-state index is 0. The van der Waals surface area contributed by atoms with E-state index < -0.39 is 0 Å². The van der Waals surface area contributed by atoms with Gasteiger partial charge in [0, 0.05) is 0 Å². The van der Waals surface area contributed by atoms with E-state index in [0.717, 1.165) is 0 Å². The van der Waals surface area contributed by atoms with Crippen LogP contribution in [0.15, 0.2) is 18.2 Å². The molecule has 1 radical (unpaired) electrons. The molecular weight excluding hydrogens is 161 g/mol. The van der Waals surface area contributed by atoms with E-state index in [1.54, 1.807) is 6.08 Å². The van der Waals surface area contributed by atoms with Crippen LogP contribution in [0.4, 0.5) is 0 Å². The van der Waals surface area contributed by atoms with Crippen molar-refractivity contribution in [2.45, 2.75) is 6.92 Å². The maximum atomic E-state index is 4.93. The van der Waals surface area contributed by atoms with Gasteiger partial charge in [0.15, 0.2) is 0 Å². The Morgan fingerprint density at radius 2 is 2.00 bits per heavy atom. The van der Waals surface area contributed by atoms with Crippen molar-refractivity contribution in [3.8, 4) is 0 Å². The van der Waals surface area contributed by atoms with Crippen LogP contribution in [-0.2, 0) is 19.5 Å². The van der Waals surface area contributed by atoms with Crippen molar-refractivity contribution in [3.05, 3.63) is 24.8 Å². The second-order valence-electron chi connectivity index (χ2n) is 0.718. The van der Waals surface area contributed by atoms with E-state index in [2.05, 4.69) is 0 Å². The van der Waals surface area contributed by atoms with Gasteiger partial charge in [-0.25, -0.2) is 12.2 Å². The molecule has 0 fully saturated rings. The summed E-state index contributed by atoms with van der Waals surface area (Å²) in [5.74, 6) is 0. The van der Waals surface area contributed by atoms with Gasteiger partial charge in [0.25, 0.3) is 0 Å². The van der Waals surface area contributed by atoms with Crippen LogP contribution in [0.1, 0.15) is 6.92 Å². The van der Waals surface area contributed by atoms with Gasteiger partial charge in [-0.1, -0.05) is 6.92 Å². The van der Waals surface area contributed by atoms with E-state index >= 15 is 0 Å². The summed E-state index contributed by atoms with van der Waals surface area (Å²) in [6, 6.07) is 0. The van der Waals surface area contributed by atoms with Gasteiger partial charge in [-0.05, 0) is 0 Å². The molecule has 0 aliphatic heterocycles. The molecule has 6 heavy (non-hydrogen) atoms. The normalized spacial score (nSPS) is 7.50. The van der Waals surface area contributed by atoms with Crippen molar-refractivity contribution in [2.24, 2.45) is 0 Å². The Balaban J connectivity index is 0. The summed E-state index contributed by atoms with van der Waals surface area (Å²) in [7, 11) is 0. The van der Waals surface area contributed by atoms with Crippen molar-refractivity contribution in [1.29, 1.82) is 0 Å². The zero-order valence-electron chi connectivity index (χ0n) is 3.66. The molecule has 0 atom stereocenters. The van der Waals surface area contributed by atoms with Gasteiger partial charge in [0.1, 0.15) is 0 Å². The van der Waals surface area contributed by atoms with Gasteiger partial charge < -0.3 is 0 Å². The molecule has 0 saturated heterocycles. The summed E-state index contributed by atoms with van der Waals surface area (Å²) >= 11 is 0. The third kappa shape index (κ3) is 8.93. The fraction of sp³-hybridized carbons (Fsp3) is 0.200. The smallest absolute Gasteiger partial charge is 0.293 e. The molecule has 0 aromatic carbocycles. The Kier molecular flexibility index (Phi) is 14.0. The Labute approximate surface area is 51.7 Å². The van der Waals surface area contributed by atoms with E-state index in [4.69, 9.17) is 6.58 Å². The monoisotopic (exact) mass is 169 g/mol. The van der Waals surface area contributed by atoms with Crippen LogP contribution in [0, 0.1) is 6.58 Å². The van der Waals surface area contributed by atoms with Crippen molar-refractivity contribution in [2.75, 3.05) is 0 Å². The maximum absolute atomic E-state index is 4.93. The topological polar surface area (TPSA) is 0 Å². The zero-order chi connectivity index (χ0) is 4.12. The average Bonchev–Trinajstić information content (AvgIpc) is 1.41. The van der Waals surface area contributed by atoms with Crippen LogP contribution >= 0.6 is 0 Å². The van der Waals surface area contributed by atoms with Gasteiger partial charge in [-0.3, -0.25) is 6.58 Å². The van der Waals surface area contributed by atoms with E-state index in [9.17, 15) is 0 Å². The van der Waals surface area contributed by atoms with Crippen LogP contribution < -0.4 is 0 Å². The summed E-state index contributed by atoms with van der Waals surface area (Å²) in [6.07, 6.45) is 5.15. The molecule has 1 heteroatoms. The molecule has 0 N–H and O–H groups in total. The molecule has 0 aromatic rings. The van der Waals surface area contributed by atoms with Gasteiger partial charge in [0.05, 0.1) is 0 Å². The quantitative estimate of drug-likeness (QED) is 0.316. The predicted octanol–water partition coefficient (Wildman–Crippen LogP) is 1.55. The van der Waals surface area contributed by atoms with Gasteiger partial charge in [-0.2, -0.15) is 6.08 Å². The minimum absolute atomic E-state index is 0. The van der Waals surface area contributed by atoms with E-state index in [1.165, 1.54) is 6.08 Å². The van der Waals surface area contributed by atoms with Crippen molar-refractivity contribution in [1.82, 2.24) is 0 Å². The Morgan fingerprint density at radius 3 is 2.00 bits per heavy atom. The third-order valence-corrected chi connectivity index (χ3v) is 0.304. The number of hydrogen-bond acceptors (Lipinski definition) is 0. The van der Waals surface area contributed by atoms with Crippen LogP contribution in [0.3, 0.4) is 0 Å². The summed E-state index contributed by atoms with van der Waals surface area (Å²) in [5.41, 5.74) is 0. The summed E-state index contributed by atoms with van der Waals surface area (Å²) < 4.78 is 0. The Hall–Kier alpha value is 0.103. The summed E-state index contributed by atoms with van der Waals surface area (Å²) in [6.45, 7) is 6.85. The molecule has 0 spiro atoms. The third-order valence-electron chi connectivity index (χ3n) is 0.304. The van der Waals surface area contributed by atoms with E-state index in [0.29, 0.717) is 0 Å². The number of hydrogen-bond donors (Lipinski definition) is 0.